The van der Waals surface area contributed by atoms with Gasteiger partial charge >= 0.3 is 6.18 Å². The van der Waals surface area contributed by atoms with Crippen LogP contribution in [0.5, 0.6) is 0 Å². The molecule has 1 fully saturated rings. The number of aromatic nitrogens is 4. The van der Waals surface area contributed by atoms with Crippen LogP contribution in [0.4, 0.5) is 23.4 Å². The number of aliphatic hydroxyl groups excluding tert-OH is 2. The number of hydrogen-bond acceptors (Lipinski definition) is 7. The Balaban J connectivity index is 2.18. The summed E-state index contributed by atoms with van der Waals surface area (Å²) < 4.78 is 58.6. The fraction of sp³-hybridized carbons (Fsp3) is 0.545. The van der Waals surface area contributed by atoms with E-state index >= 15 is 0 Å². The van der Waals surface area contributed by atoms with Gasteiger partial charge in [0.15, 0.2) is 29.4 Å². The molecule has 13 heteroatoms. The first-order valence-electron chi connectivity index (χ1n) is 6.51. The predicted molar refractivity (Wildman–Crippen MR) is 71.6 cm³/mol. The van der Waals surface area contributed by atoms with Crippen molar-refractivity contribution in [2.45, 2.75) is 30.8 Å². The van der Waals surface area contributed by atoms with Crippen molar-refractivity contribution in [2.24, 2.45) is 0 Å². The molecule has 0 aromatic carbocycles. The zero-order valence-electron chi connectivity index (χ0n) is 11.6. The summed E-state index contributed by atoms with van der Waals surface area (Å²) in [4.78, 5) is 10.1. The molecule has 1 saturated heterocycles. The minimum atomic E-state index is -4.90. The molecule has 3 heterocycles. The molecule has 0 bridgehead atoms. The normalized spacial score (nSPS) is 28.0. The lowest BCUT2D eigenvalue weighted by atomic mass is 10.1. The molecule has 8 nitrogen and oxygen atoms in total. The topological polar surface area (TPSA) is 119 Å². The van der Waals surface area contributed by atoms with Gasteiger partial charge in [-0.3, -0.25) is 4.57 Å². The molecule has 0 unspecified atom stereocenters. The van der Waals surface area contributed by atoms with Crippen LogP contribution in [0.15, 0.2) is 0 Å². The lowest BCUT2D eigenvalue weighted by molar-refractivity contribution is -0.144. The monoisotopic (exact) mass is 371 g/mol. The third-order valence-corrected chi connectivity index (χ3v) is 3.77. The Morgan fingerprint density at radius 1 is 1.29 bits per heavy atom. The molecule has 0 aliphatic carbocycles. The second kappa shape index (κ2) is 5.65. The van der Waals surface area contributed by atoms with Crippen LogP contribution in [-0.4, -0.2) is 54.7 Å². The Morgan fingerprint density at radius 2 is 1.96 bits per heavy atom. The first kappa shape index (κ1) is 17.1. The van der Waals surface area contributed by atoms with Crippen molar-refractivity contribution in [3.63, 3.8) is 0 Å². The highest BCUT2D eigenvalue weighted by Crippen LogP contribution is 2.37. The van der Waals surface area contributed by atoms with Gasteiger partial charge in [-0.15, -0.1) is 0 Å². The zero-order valence-corrected chi connectivity index (χ0v) is 12.3. The lowest BCUT2D eigenvalue weighted by Crippen LogP contribution is -2.30. The van der Waals surface area contributed by atoms with Crippen LogP contribution in [0.3, 0.4) is 0 Å². The third-order valence-electron chi connectivity index (χ3n) is 3.51. The van der Waals surface area contributed by atoms with Crippen LogP contribution in [0, 0.1) is 0 Å². The Hall–Kier alpha value is -1.76. The number of aliphatic hydroxyl groups is 2. The number of nitrogen functional groups attached to an aromatic ring is 1. The first-order chi connectivity index (χ1) is 11.1. The van der Waals surface area contributed by atoms with E-state index < -0.39 is 60.0 Å². The summed E-state index contributed by atoms with van der Waals surface area (Å²) in [6.45, 7) is -0.701. The average molecular weight is 372 g/mol. The second-order valence-electron chi connectivity index (χ2n) is 5.04. The van der Waals surface area contributed by atoms with Crippen molar-refractivity contribution in [3.05, 3.63) is 11.1 Å². The molecule has 1 aliphatic rings. The fourth-order valence-corrected chi connectivity index (χ4v) is 2.64. The Kier molecular flexibility index (Phi) is 4.02. The van der Waals surface area contributed by atoms with E-state index in [1.807, 2.05) is 0 Å². The number of nitrogens with two attached hydrogens (primary N) is 1. The Bertz CT molecular complexity index is 785. The standard InChI is InChI=1S/C11H10ClF4N5O3/c12-10-18-4-6(17)19-9(11(14,15)16)20-7(4)21(10)8-3(13)5(23)2(1-22)24-8/h2-3,5,8,22-23H,1H2,(H2,17,19,20)/t2-,3+,5-,8-/m1/s1. The van der Waals surface area contributed by atoms with Crippen LogP contribution < -0.4 is 5.73 Å². The van der Waals surface area contributed by atoms with Gasteiger partial charge in [-0.05, 0) is 11.6 Å². The molecule has 4 N–H and O–H groups in total. The summed E-state index contributed by atoms with van der Waals surface area (Å²) in [5, 5.41) is 18.2. The van der Waals surface area contributed by atoms with E-state index in [9.17, 15) is 22.7 Å². The van der Waals surface area contributed by atoms with E-state index in [0.29, 0.717) is 0 Å². The van der Waals surface area contributed by atoms with Gasteiger partial charge in [0.05, 0.1) is 6.61 Å². The van der Waals surface area contributed by atoms with Gasteiger partial charge in [-0.25, -0.2) is 19.3 Å². The number of halogens is 5. The molecule has 132 valence electrons. The lowest BCUT2D eigenvalue weighted by Gasteiger charge is -2.16. The fourth-order valence-electron chi connectivity index (χ4n) is 2.38. The Morgan fingerprint density at radius 3 is 2.50 bits per heavy atom. The second-order valence-corrected chi connectivity index (χ2v) is 5.37. The predicted octanol–water partition coefficient (Wildman–Crippen LogP) is 0.669. The summed E-state index contributed by atoms with van der Waals surface area (Å²) in [7, 11) is 0. The summed E-state index contributed by atoms with van der Waals surface area (Å²) in [5.74, 6) is -2.15. The van der Waals surface area contributed by atoms with E-state index in [0.717, 1.165) is 4.57 Å². The maximum atomic E-state index is 14.2. The van der Waals surface area contributed by atoms with Gasteiger partial charge in [-0.2, -0.15) is 13.2 Å². The summed E-state index contributed by atoms with van der Waals surface area (Å²) in [6.07, 6.45) is -11.6. The number of rotatable bonds is 2. The molecular formula is C11H10ClF4N5O3. The van der Waals surface area contributed by atoms with Gasteiger partial charge in [0.25, 0.3) is 0 Å². The summed E-state index contributed by atoms with van der Waals surface area (Å²) in [5.41, 5.74) is 4.67. The highest BCUT2D eigenvalue weighted by molar-refractivity contribution is 6.29. The highest BCUT2D eigenvalue weighted by atomic mass is 35.5. The smallest absolute Gasteiger partial charge is 0.394 e. The Labute approximate surface area is 135 Å². The van der Waals surface area contributed by atoms with Crippen molar-refractivity contribution in [1.29, 1.82) is 0 Å². The van der Waals surface area contributed by atoms with Crippen molar-refractivity contribution in [2.75, 3.05) is 12.3 Å². The van der Waals surface area contributed by atoms with E-state index in [2.05, 4.69) is 15.0 Å². The van der Waals surface area contributed by atoms with Crippen molar-refractivity contribution in [1.82, 2.24) is 19.5 Å². The van der Waals surface area contributed by atoms with E-state index in [4.69, 9.17) is 27.2 Å². The van der Waals surface area contributed by atoms with Crippen LogP contribution >= 0.6 is 11.6 Å². The van der Waals surface area contributed by atoms with Crippen LogP contribution in [0.2, 0.25) is 5.28 Å². The van der Waals surface area contributed by atoms with Gasteiger partial charge in [0.1, 0.15) is 12.2 Å². The largest absolute Gasteiger partial charge is 0.451 e. The van der Waals surface area contributed by atoms with Crippen molar-refractivity contribution >= 4 is 28.6 Å². The first-order valence-corrected chi connectivity index (χ1v) is 6.89. The molecule has 0 amide bonds. The minimum Gasteiger partial charge on any atom is -0.394 e. The molecule has 24 heavy (non-hydrogen) atoms. The molecule has 0 saturated carbocycles. The third kappa shape index (κ3) is 2.55. The number of nitrogens with zero attached hydrogens (tertiary/aromatic N) is 4. The molecule has 2 aromatic heterocycles. The van der Waals surface area contributed by atoms with Crippen LogP contribution in [0.1, 0.15) is 12.1 Å². The molecule has 4 atom stereocenters. The minimum absolute atomic E-state index is 0.272. The molecule has 2 aromatic rings. The molecular weight excluding hydrogens is 362 g/mol. The van der Waals surface area contributed by atoms with Crippen molar-refractivity contribution in [3.8, 4) is 0 Å². The number of ether oxygens (including phenoxy) is 1. The number of hydrogen-bond donors (Lipinski definition) is 3. The number of anilines is 1. The van der Waals surface area contributed by atoms with Gasteiger partial charge in [0, 0.05) is 0 Å². The molecule has 1 aliphatic heterocycles. The SMILES string of the molecule is Nc1nc(C(F)(F)F)nc2c1nc(Cl)n2[C@@H]1O[C@H](CO)[C@@H](O)[C@@H]1F. The number of fused-ring (bicyclic) bond motifs is 1. The summed E-state index contributed by atoms with van der Waals surface area (Å²) in [6, 6.07) is 0. The molecule has 0 spiro atoms. The van der Waals surface area contributed by atoms with Gasteiger partial charge in [-0.1, -0.05) is 0 Å². The van der Waals surface area contributed by atoms with E-state index in [1.165, 1.54) is 0 Å². The van der Waals surface area contributed by atoms with E-state index in [1.54, 1.807) is 0 Å². The van der Waals surface area contributed by atoms with Crippen LogP contribution in [0.25, 0.3) is 11.2 Å². The summed E-state index contributed by atoms with van der Waals surface area (Å²) >= 11 is 5.85. The van der Waals surface area contributed by atoms with Crippen LogP contribution in [-0.2, 0) is 10.9 Å². The quantitative estimate of drug-likeness (QED) is 0.524. The maximum absolute atomic E-state index is 14.2. The molecule has 3 rings (SSSR count). The zero-order chi connectivity index (χ0) is 17.8. The number of imidazole rings is 1. The van der Waals surface area contributed by atoms with Gasteiger partial charge < -0.3 is 20.7 Å². The number of alkyl halides is 4. The van der Waals surface area contributed by atoms with Crippen molar-refractivity contribution < 1.29 is 32.5 Å². The van der Waals surface area contributed by atoms with Gasteiger partial charge in [0.2, 0.25) is 11.1 Å². The maximum Gasteiger partial charge on any atom is 0.451 e. The highest BCUT2D eigenvalue weighted by Gasteiger charge is 2.46. The molecule has 0 radical (unpaired) electrons. The van der Waals surface area contributed by atoms with E-state index in [-0.39, 0.29) is 5.52 Å². The average Bonchev–Trinajstić information content (AvgIpc) is 2.96.